The van der Waals surface area contributed by atoms with Crippen molar-refractivity contribution >= 4 is 28.0 Å². The van der Waals surface area contributed by atoms with Crippen LogP contribution in [0.3, 0.4) is 0 Å². The Morgan fingerprint density at radius 1 is 0.467 bits per heavy atom. The van der Waals surface area contributed by atoms with Gasteiger partial charge >= 0.3 is 0 Å². The van der Waals surface area contributed by atoms with Crippen molar-refractivity contribution in [2.24, 2.45) is 0 Å². The SMILES string of the molecule is c1c[nH+]c[nH]1.c1ccc([B-](c2ccccc2)(c2ccccc2)c2ccccc2)cc1. The average molecular weight is 388 g/mol. The van der Waals surface area contributed by atoms with Crippen LogP contribution in [0.1, 0.15) is 0 Å². The fourth-order valence-electron chi connectivity index (χ4n) is 4.36. The van der Waals surface area contributed by atoms with E-state index in [0.717, 1.165) is 0 Å². The van der Waals surface area contributed by atoms with E-state index in [2.05, 4.69) is 131 Å². The summed E-state index contributed by atoms with van der Waals surface area (Å²) in [4.78, 5) is 5.61. The lowest BCUT2D eigenvalue weighted by Gasteiger charge is -2.44. The van der Waals surface area contributed by atoms with Gasteiger partial charge in [0.1, 0.15) is 18.5 Å². The van der Waals surface area contributed by atoms with Crippen molar-refractivity contribution in [1.29, 1.82) is 0 Å². The Morgan fingerprint density at radius 3 is 1.00 bits per heavy atom. The highest BCUT2D eigenvalue weighted by Crippen LogP contribution is 2.09. The molecule has 0 fully saturated rings. The average Bonchev–Trinajstić information content (AvgIpc) is 3.43. The number of hydrogen-bond donors (Lipinski definition) is 1. The van der Waals surface area contributed by atoms with E-state index >= 15 is 0 Å². The molecule has 1 aromatic heterocycles. The van der Waals surface area contributed by atoms with Crippen LogP contribution in [0.5, 0.6) is 0 Å². The van der Waals surface area contributed by atoms with E-state index < -0.39 is 6.15 Å². The second-order valence-corrected chi connectivity index (χ2v) is 7.32. The van der Waals surface area contributed by atoms with Gasteiger partial charge in [-0.05, 0) is 0 Å². The molecule has 5 aromatic rings. The summed E-state index contributed by atoms with van der Waals surface area (Å²) in [6, 6.07) is 43.5. The molecule has 0 aliphatic heterocycles. The predicted molar refractivity (Wildman–Crippen MR) is 127 cm³/mol. The third kappa shape index (κ3) is 3.96. The van der Waals surface area contributed by atoms with Gasteiger partial charge in [-0.25, -0.2) is 0 Å². The normalized spacial score (nSPS) is 10.7. The van der Waals surface area contributed by atoms with E-state index in [1.165, 1.54) is 21.9 Å². The minimum atomic E-state index is -1.22. The minimum absolute atomic E-state index is 1.22. The monoisotopic (exact) mass is 388 g/mol. The molecule has 30 heavy (non-hydrogen) atoms. The topological polar surface area (TPSA) is 29.9 Å². The van der Waals surface area contributed by atoms with Crippen LogP contribution >= 0.6 is 0 Å². The van der Waals surface area contributed by atoms with Crippen molar-refractivity contribution in [3.05, 3.63) is 140 Å². The number of H-pyrrole nitrogens is 2. The summed E-state index contributed by atoms with van der Waals surface area (Å²) < 4.78 is 0. The molecule has 1 heterocycles. The Hall–Kier alpha value is -3.85. The Morgan fingerprint density at radius 2 is 0.800 bits per heavy atom. The number of rotatable bonds is 4. The van der Waals surface area contributed by atoms with Gasteiger partial charge in [-0.1, -0.05) is 121 Å². The Balaban J connectivity index is 0.000000383. The Kier molecular flexibility index (Phi) is 6.21. The van der Waals surface area contributed by atoms with Gasteiger partial charge in [0.05, 0.1) is 0 Å². The minimum Gasteiger partial charge on any atom is -0.250 e. The maximum Gasteiger partial charge on any atom is 0.239 e. The summed E-state index contributed by atoms with van der Waals surface area (Å²) in [5.74, 6) is 0. The third-order valence-electron chi connectivity index (χ3n) is 5.64. The Labute approximate surface area is 178 Å². The second-order valence-electron chi connectivity index (χ2n) is 7.32. The molecule has 0 bridgehead atoms. The first-order chi connectivity index (χ1) is 14.9. The van der Waals surface area contributed by atoms with E-state index in [9.17, 15) is 0 Å². The van der Waals surface area contributed by atoms with Gasteiger partial charge < -0.3 is 0 Å². The summed E-state index contributed by atoms with van der Waals surface area (Å²) in [7, 11) is 0. The molecule has 0 amide bonds. The van der Waals surface area contributed by atoms with Crippen molar-refractivity contribution in [3.63, 3.8) is 0 Å². The zero-order valence-electron chi connectivity index (χ0n) is 16.9. The molecule has 0 aliphatic rings. The third-order valence-corrected chi connectivity index (χ3v) is 5.64. The molecule has 5 rings (SSSR count). The molecule has 146 valence electrons. The number of hydrogen-bond acceptors (Lipinski definition) is 0. The van der Waals surface area contributed by atoms with Crippen LogP contribution in [0.25, 0.3) is 0 Å². The van der Waals surface area contributed by atoms with Crippen molar-refractivity contribution in [2.75, 3.05) is 0 Å². The highest BCUT2D eigenvalue weighted by atomic mass is 14.8. The van der Waals surface area contributed by atoms with Crippen LogP contribution in [0.2, 0.25) is 0 Å². The molecule has 0 unspecified atom stereocenters. The summed E-state index contributed by atoms with van der Waals surface area (Å²) in [5, 5.41) is 0. The fourth-order valence-corrected chi connectivity index (χ4v) is 4.36. The van der Waals surface area contributed by atoms with Crippen molar-refractivity contribution in [3.8, 4) is 0 Å². The lowest BCUT2D eigenvalue weighted by atomic mass is 9.13. The van der Waals surface area contributed by atoms with Gasteiger partial charge in [-0.2, -0.15) is 21.9 Å². The molecule has 0 radical (unpaired) electrons. The van der Waals surface area contributed by atoms with Crippen LogP contribution in [0.4, 0.5) is 0 Å². The molecule has 4 aromatic carbocycles. The quantitative estimate of drug-likeness (QED) is 0.459. The number of benzene rings is 4. The van der Waals surface area contributed by atoms with Crippen LogP contribution in [0, 0.1) is 0 Å². The van der Waals surface area contributed by atoms with Gasteiger partial charge in [0.15, 0.2) is 0 Å². The van der Waals surface area contributed by atoms with Crippen LogP contribution in [-0.4, -0.2) is 11.1 Å². The number of imidazole rings is 1. The summed E-state index contributed by atoms with van der Waals surface area (Å²) in [6.45, 7) is 0. The maximum atomic E-state index is 2.81. The standard InChI is InChI=1S/C24H20B.C3H4N2/c1-5-13-21(14-6-1)25(22-15-7-2-8-16-22,23-17-9-3-10-18-23)24-19-11-4-12-20-24;1-2-5-3-4-1/h1-20H;1-3H,(H,4,5)/q-1;/p+1. The van der Waals surface area contributed by atoms with Gasteiger partial charge in [-0.3, -0.25) is 9.97 Å². The molecule has 0 saturated carbocycles. The van der Waals surface area contributed by atoms with Crippen LogP contribution in [-0.2, 0) is 0 Å². The zero-order valence-corrected chi connectivity index (χ0v) is 16.9. The summed E-state index contributed by atoms with van der Waals surface area (Å²) in [5.41, 5.74) is 5.36. The van der Waals surface area contributed by atoms with Crippen molar-refractivity contribution in [2.45, 2.75) is 0 Å². The first-order valence-electron chi connectivity index (χ1n) is 10.3. The second kappa shape index (κ2) is 9.57. The van der Waals surface area contributed by atoms with Crippen molar-refractivity contribution in [1.82, 2.24) is 4.98 Å². The van der Waals surface area contributed by atoms with E-state index in [-0.39, 0.29) is 0 Å². The molecular weight excluding hydrogens is 363 g/mol. The predicted octanol–water partition coefficient (Wildman–Crippen LogP) is 2.89. The first kappa shape index (κ1) is 19.5. The molecule has 2 N–H and O–H groups in total. The molecule has 0 saturated heterocycles. The molecule has 0 atom stereocenters. The van der Waals surface area contributed by atoms with E-state index in [1.807, 2.05) is 12.4 Å². The molecular formula is C27H25BN2. The smallest absolute Gasteiger partial charge is 0.239 e. The molecule has 3 heteroatoms. The highest BCUT2D eigenvalue weighted by molar-refractivity contribution is 7.19. The van der Waals surface area contributed by atoms with Gasteiger partial charge in [0.25, 0.3) is 0 Å². The van der Waals surface area contributed by atoms with Crippen LogP contribution in [0.15, 0.2) is 140 Å². The van der Waals surface area contributed by atoms with E-state index in [4.69, 9.17) is 0 Å². The summed E-state index contributed by atoms with van der Waals surface area (Å²) in [6.07, 6.45) is 4.17. The van der Waals surface area contributed by atoms with Gasteiger partial charge in [0.2, 0.25) is 6.33 Å². The Bertz CT molecular complexity index is 930. The summed E-state index contributed by atoms with van der Waals surface area (Å²) >= 11 is 0. The zero-order chi connectivity index (χ0) is 20.5. The highest BCUT2D eigenvalue weighted by Gasteiger charge is 2.30. The largest absolute Gasteiger partial charge is 0.250 e. The van der Waals surface area contributed by atoms with E-state index in [0.29, 0.717) is 0 Å². The maximum absolute atomic E-state index is 2.81. The number of aromatic amines is 2. The van der Waals surface area contributed by atoms with Gasteiger partial charge in [0, 0.05) is 0 Å². The lowest BCUT2D eigenvalue weighted by molar-refractivity contribution is -0.375. The van der Waals surface area contributed by atoms with Crippen molar-refractivity contribution < 1.29 is 4.98 Å². The fraction of sp³-hybridized carbons (Fsp3) is 0. The van der Waals surface area contributed by atoms with Gasteiger partial charge in [-0.15, -0.1) is 0 Å². The van der Waals surface area contributed by atoms with Crippen LogP contribution < -0.4 is 26.8 Å². The first-order valence-corrected chi connectivity index (χ1v) is 10.3. The lowest BCUT2D eigenvalue weighted by Crippen LogP contribution is -2.74. The van der Waals surface area contributed by atoms with E-state index in [1.54, 1.807) is 6.33 Å². The molecule has 2 nitrogen and oxygen atoms in total. The number of aromatic nitrogens is 2. The molecule has 0 spiro atoms. The number of nitrogens with one attached hydrogen (secondary N) is 2. The molecule has 0 aliphatic carbocycles.